The number of amides is 3. The second-order valence-corrected chi connectivity index (χ2v) is 8.19. The molecule has 1 unspecified atom stereocenters. The first-order valence-corrected chi connectivity index (χ1v) is 11.1. The smallest absolute Gasteiger partial charge is 0.249 e. The Balaban J connectivity index is 1.61. The molecule has 32 heavy (non-hydrogen) atoms. The van der Waals surface area contributed by atoms with E-state index in [9.17, 15) is 14.4 Å². The van der Waals surface area contributed by atoms with Gasteiger partial charge in [0, 0.05) is 26.7 Å². The summed E-state index contributed by atoms with van der Waals surface area (Å²) >= 11 is 0. The van der Waals surface area contributed by atoms with Crippen LogP contribution in [0.25, 0.3) is 5.57 Å². The Bertz CT molecular complexity index is 852. The van der Waals surface area contributed by atoms with Crippen molar-refractivity contribution in [3.63, 3.8) is 0 Å². The van der Waals surface area contributed by atoms with Gasteiger partial charge in [-0.3, -0.25) is 14.4 Å². The van der Waals surface area contributed by atoms with Gasteiger partial charge in [-0.15, -0.1) is 0 Å². The summed E-state index contributed by atoms with van der Waals surface area (Å²) in [6.07, 6.45) is 3.42. The van der Waals surface area contributed by atoms with E-state index in [1.807, 2.05) is 31.2 Å². The Kier molecular flexibility index (Phi) is 8.41. The van der Waals surface area contributed by atoms with Crippen LogP contribution < -0.4 is 5.32 Å². The number of nitrogens with one attached hydrogen (secondary N) is 1. The van der Waals surface area contributed by atoms with Crippen molar-refractivity contribution in [2.75, 3.05) is 40.0 Å². The van der Waals surface area contributed by atoms with Gasteiger partial charge in [0.2, 0.25) is 17.7 Å². The molecule has 2 aliphatic heterocycles. The minimum absolute atomic E-state index is 0.0833. The van der Waals surface area contributed by atoms with Crippen LogP contribution >= 0.6 is 0 Å². The Hall–Kier alpha value is -2.71. The molecule has 0 bridgehead atoms. The summed E-state index contributed by atoms with van der Waals surface area (Å²) in [6.45, 7) is 5.74. The maximum Gasteiger partial charge on any atom is 0.249 e. The molecule has 8 heteroatoms. The molecule has 3 rings (SSSR count). The lowest BCUT2D eigenvalue weighted by Crippen LogP contribution is -2.59. The van der Waals surface area contributed by atoms with E-state index in [1.54, 1.807) is 4.90 Å². The number of carbonyl (C=O) groups is 3. The van der Waals surface area contributed by atoms with Crippen LogP contribution in [0.3, 0.4) is 0 Å². The van der Waals surface area contributed by atoms with Gasteiger partial charge in [0.1, 0.15) is 18.7 Å². The minimum Gasteiger partial charge on any atom is -0.377 e. The highest BCUT2D eigenvalue weighted by molar-refractivity contribution is 5.93. The van der Waals surface area contributed by atoms with Crippen LogP contribution in [0.1, 0.15) is 37.8 Å². The van der Waals surface area contributed by atoms with E-state index in [1.165, 1.54) is 17.6 Å². The van der Waals surface area contributed by atoms with Crippen molar-refractivity contribution in [3.05, 3.63) is 41.5 Å². The van der Waals surface area contributed by atoms with Gasteiger partial charge in [0.05, 0.1) is 13.2 Å². The van der Waals surface area contributed by atoms with Gasteiger partial charge < -0.3 is 24.6 Å². The Morgan fingerprint density at radius 1 is 1.16 bits per heavy atom. The minimum atomic E-state index is -0.720. The zero-order valence-electron chi connectivity index (χ0n) is 19.1. The maximum atomic E-state index is 13.3. The number of nitrogens with zero attached hydrogens (tertiary/aromatic N) is 2. The predicted molar refractivity (Wildman–Crippen MR) is 121 cm³/mol. The Morgan fingerprint density at radius 2 is 1.91 bits per heavy atom. The molecule has 0 aromatic heterocycles. The molecule has 174 valence electrons. The topological polar surface area (TPSA) is 88.2 Å². The summed E-state index contributed by atoms with van der Waals surface area (Å²) in [6, 6.07) is 6.82. The summed E-state index contributed by atoms with van der Waals surface area (Å²) in [5.41, 5.74) is 3.35. The molecule has 2 atom stereocenters. The number of carbonyl (C=O) groups excluding carboxylic acids is 3. The highest BCUT2D eigenvalue weighted by Gasteiger charge is 2.41. The summed E-state index contributed by atoms with van der Waals surface area (Å²) in [5.74, 6) is -0.653. The third-order valence-electron chi connectivity index (χ3n) is 6.15. The van der Waals surface area contributed by atoms with Gasteiger partial charge in [0.25, 0.3) is 0 Å². The molecule has 0 spiro atoms. The summed E-state index contributed by atoms with van der Waals surface area (Å²) in [7, 11) is 1.45. The molecule has 1 aromatic rings. The molecule has 3 amide bonds. The summed E-state index contributed by atoms with van der Waals surface area (Å²) < 4.78 is 10.4. The quantitative estimate of drug-likeness (QED) is 0.692. The number of hydrogen-bond donors (Lipinski definition) is 1. The summed E-state index contributed by atoms with van der Waals surface area (Å²) in [4.78, 5) is 41.7. The Morgan fingerprint density at radius 3 is 2.59 bits per heavy atom. The molecule has 0 saturated carbocycles. The fourth-order valence-corrected chi connectivity index (χ4v) is 4.17. The van der Waals surface area contributed by atoms with Crippen LogP contribution in [0.15, 0.2) is 30.3 Å². The standard InChI is InChI=1S/C24H33N3O5/c1-4-17(2)19-9-7-18(8-10-19)14-25-23(29)20-6-5-11-27(20)24(30)21-15-32-13-12-26(21)22(28)16-31-3/h4,7-10,20-21H,5-6,11-16H2,1-3H3,(H,25,29)/b17-4-/t20?,21-/m0/s1. The molecular formula is C24H33N3O5. The normalized spacial score (nSPS) is 21.5. The number of rotatable bonds is 7. The van der Waals surface area contributed by atoms with E-state index in [-0.39, 0.29) is 30.9 Å². The van der Waals surface area contributed by atoms with Crippen molar-refractivity contribution in [2.45, 2.75) is 45.3 Å². The van der Waals surface area contributed by atoms with E-state index in [0.717, 1.165) is 17.5 Å². The zero-order chi connectivity index (χ0) is 23.1. The highest BCUT2D eigenvalue weighted by Crippen LogP contribution is 2.22. The molecule has 0 aliphatic carbocycles. The van der Waals surface area contributed by atoms with Crippen molar-refractivity contribution in [3.8, 4) is 0 Å². The van der Waals surface area contributed by atoms with Crippen LogP contribution in [0.4, 0.5) is 0 Å². The van der Waals surface area contributed by atoms with Crippen molar-refractivity contribution in [2.24, 2.45) is 0 Å². The van der Waals surface area contributed by atoms with E-state index in [0.29, 0.717) is 32.7 Å². The molecular weight excluding hydrogens is 410 g/mol. The van der Waals surface area contributed by atoms with E-state index in [4.69, 9.17) is 9.47 Å². The maximum absolute atomic E-state index is 13.3. The third kappa shape index (κ3) is 5.55. The lowest BCUT2D eigenvalue weighted by molar-refractivity contribution is -0.157. The summed E-state index contributed by atoms with van der Waals surface area (Å²) in [5, 5.41) is 2.97. The van der Waals surface area contributed by atoms with Crippen molar-refractivity contribution >= 4 is 23.3 Å². The fraction of sp³-hybridized carbons (Fsp3) is 0.542. The number of methoxy groups -OCH3 is 1. The van der Waals surface area contributed by atoms with E-state index >= 15 is 0 Å². The van der Waals surface area contributed by atoms with Crippen LogP contribution in [0.2, 0.25) is 0 Å². The van der Waals surface area contributed by atoms with E-state index < -0.39 is 12.1 Å². The lowest BCUT2D eigenvalue weighted by atomic mass is 10.1. The first-order chi connectivity index (χ1) is 15.5. The van der Waals surface area contributed by atoms with Crippen molar-refractivity contribution in [1.82, 2.24) is 15.1 Å². The van der Waals surface area contributed by atoms with Gasteiger partial charge in [-0.2, -0.15) is 0 Å². The zero-order valence-corrected chi connectivity index (χ0v) is 19.1. The second kappa shape index (κ2) is 11.2. The van der Waals surface area contributed by atoms with Gasteiger partial charge in [-0.1, -0.05) is 30.3 Å². The van der Waals surface area contributed by atoms with E-state index in [2.05, 4.69) is 18.3 Å². The lowest BCUT2D eigenvalue weighted by Gasteiger charge is -2.37. The number of benzene rings is 1. The van der Waals surface area contributed by atoms with Crippen LogP contribution in [0, 0.1) is 0 Å². The molecule has 2 aliphatic rings. The number of hydrogen-bond acceptors (Lipinski definition) is 5. The Labute approximate surface area is 189 Å². The first kappa shape index (κ1) is 23.9. The molecule has 0 radical (unpaired) electrons. The van der Waals surface area contributed by atoms with Gasteiger partial charge in [-0.25, -0.2) is 0 Å². The molecule has 1 aromatic carbocycles. The first-order valence-electron chi connectivity index (χ1n) is 11.1. The number of morpholine rings is 1. The molecule has 2 saturated heterocycles. The average molecular weight is 444 g/mol. The molecule has 2 fully saturated rings. The molecule has 8 nitrogen and oxygen atoms in total. The van der Waals surface area contributed by atoms with Crippen LogP contribution in [0.5, 0.6) is 0 Å². The second-order valence-electron chi connectivity index (χ2n) is 8.19. The van der Waals surface area contributed by atoms with Gasteiger partial charge >= 0.3 is 0 Å². The highest BCUT2D eigenvalue weighted by atomic mass is 16.5. The van der Waals surface area contributed by atoms with Crippen LogP contribution in [-0.4, -0.2) is 79.6 Å². The predicted octanol–water partition coefficient (Wildman–Crippen LogP) is 1.59. The molecule has 1 N–H and O–H groups in total. The molecule has 2 heterocycles. The largest absolute Gasteiger partial charge is 0.377 e. The van der Waals surface area contributed by atoms with Crippen LogP contribution in [-0.2, 0) is 30.4 Å². The van der Waals surface area contributed by atoms with Crippen molar-refractivity contribution in [1.29, 1.82) is 0 Å². The SMILES string of the molecule is C/C=C(/C)c1ccc(CNC(=O)C2CCCN2C(=O)[C@@H]2COCCN2C(=O)COC)cc1. The van der Waals surface area contributed by atoms with Gasteiger partial charge in [-0.05, 0) is 43.4 Å². The average Bonchev–Trinajstić information content (AvgIpc) is 3.32. The fourth-order valence-electron chi connectivity index (χ4n) is 4.17. The number of likely N-dealkylation sites (tertiary alicyclic amines) is 1. The number of ether oxygens (including phenoxy) is 2. The van der Waals surface area contributed by atoms with Gasteiger partial charge in [0.15, 0.2) is 0 Å². The van der Waals surface area contributed by atoms with Crippen molar-refractivity contribution < 1.29 is 23.9 Å². The number of allylic oxidation sites excluding steroid dienone is 2. The third-order valence-corrected chi connectivity index (χ3v) is 6.15. The monoisotopic (exact) mass is 443 g/mol.